The molecule has 0 unspecified atom stereocenters. The van der Waals surface area contributed by atoms with E-state index in [9.17, 15) is 9.59 Å². The number of carbonyl (C=O) groups excluding carboxylic acids is 1. The Balaban J connectivity index is 1.85. The number of aromatic carboxylic acids is 1. The number of rotatable bonds is 5. The molecule has 104 valence electrons. The van der Waals surface area contributed by atoms with E-state index in [4.69, 9.17) is 5.11 Å². The summed E-state index contributed by atoms with van der Waals surface area (Å²) in [4.78, 5) is 31.1. The molecule has 2 heterocycles. The maximum atomic E-state index is 11.6. The van der Waals surface area contributed by atoms with Crippen LogP contribution in [-0.2, 0) is 11.3 Å². The largest absolute Gasteiger partial charge is 0.476 e. The summed E-state index contributed by atoms with van der Waals surface area (Å²) >= 11 is 2.70. The van der Waals surface area contributed by atoms with Crippen LogP contribution in [0.5, 0.6) is 0 Å². The molecular weight excluding hydrogens is 298 g/mol. The van der Waals surface area contributed by atoms with Crippen molar-refractivity contribution in [3.63, 3.8) is 0 Å². The SMILES string of the molecule is Cc1ncc(C=CC(=O)NCc2nc(C(=O)O)cs2)s1. The maximum absolute atomic E-state index is 11.6. The van der Waals surface area contributed by atoms with Crippen LogP contribution >= 0.6 is 22.7 Å². The minimum atomic E-state index is -1.07. The molecule has 0 fully saturated rings. The van der Waals surface area contributed by atoms with Gasteiger partial charge in [-0.25, -0.2) is 14.8 Å². The molecule has 0 aliphatic rings. The molecule has 2 aromatic rings. The van der Waals surface area contributed by atoms with Crippen LogP contribution < -0.4 is 5.32 Å². The number of thiazole rings is 2. The summed E-state index contributed by atoms with van der Waals surface area (Å²) < 4.78 is 0. The molecule has 2 aromatic heterocycles. The van der Waals surface area contributed by atoms with Gasteiger partial charge in [0.1, 0.15) is 5.01 Å². The van der Waals surface area contributed by atoms with E-state index in [1.807, 2.05) is 6.92 Å². The fourth-order valence-corrected chi connectivity index (χ4v) is 2.72. The number of aryl methyl sites for hydroxylation is 1. The van der Waals surface area contributed by atoms with Gasteiger partial charge in [0, 0.05) is 22.5 Å². The minimum absolute atomic E-state index is 0.00470. The van der Waals surface area contributed by atoms with Gasteiger partial charge in [-0.2, -0.15) is 0 Å². The Bertz CT molecular complexity index is 660. The van der Waals surface area contributed by atoms with Crippen LogP contribution in [-0.4, -0.2) is 27.0 Å². The Morgan fingerprint density at radius 2 is 2.30 bits per heavy atom. The molecule has 20 heavy (non-hydrogen) atoms. The molecule has 0 saturated heterocycles. The number of nitrogens with zero attached hydrogens (tertiary/aromatic N) is 2. The van der Waals surface area contributed by atoms with E-state index < -0.39 is 5.97 Å². The number of carbonyl (C=O) groups is 2. The Morgan fingerprint density at radius 1 is 1.50 bits per heavy atom. The van der Waals surface area contributed by atoms with Gasteiger partial charge in [0.15, 0.2) is 5.69 Å². The van der Waals surface area contributed by atoms with E-state index in [-0.39, 0.29) is 18.1 Å². The molecule has 0 saturated carbocycles. The van der Waals surface area contributed by atoms with Crippen molar-refractivity contribution in [1.82, 2.24) is 15.3 Å². The van der Waals surface area contributed by atoms with Gasteiger partial charge in [-0.15, -0.1) is 22.7 Å². The zero-order valence-electron chi connectivity index (χ0n) is 10.5. The fourth-order valence-electron chi connectivity index (χ4n) is 1.32. The number of nitrogens with one attached hydrogen (secondary N) is 1. The lowest BCUT2D eigenvalue weighted by atomic mass is 10.4. The third-order valence-electron chi connectivity index (χ3n) is 2.22. The average molecular weight is 309 g/mol. The average Bonchev–Trinajstić information content (AvgIpc) is 3.03. The van der Waals surface area contributed by atoms with Gasteiger partial charge in [0.25, 0.3) is 0 Å². The molecule has 0 spiro atoms. The van der Waals surface area contributed by atoms with Gasteiger partial charge < -0.3 is 10.4 Å². The molecule has 0 radical (unpaired) electrons. The van der Waals surface area contributed by atoms with Crippen LogP contribution in [0.25, 0.3) is 6.08 Å². The van der Waals surface area contributed by atoms with Crippen LogP contribution in [0.2, 0.25) is 0 Å². The van der Waals surface area contributed by atoms with E-state index in [0.29, 0.717) is 5.01 Å². The third-order valence-corrected chi connectivity index (χ3v) is 3.95. The summed E-state index contributed by atoms with van der Waals surface area (Å²) in [5.74, 6) is -1.33. The summed E-state index contributed by atoms with van der Waals surface area (Å²) in [7, 11) is 0. The Labute approximate surface area is 122 Å². The van der Waals surface area contributed by atoms with E-state index in [1.165, 1.54) is 34.1 Å². The molecule has 0 aliphatic heterocycles. The van der Waals surface area contributed by atoms with Gasteiger partial charge in [-0.05, 0) is 13.0 Å². The third kappa shape index (κ3) is 3.97. The van der Waals surface area contributed by atoms with Gasteiger partial charge in [0.05, 0.1) is 11.6 Å². The number of carboxylic acid groups (broad SMARTS) is 1. The molecular formula is C12H11N3O3S2. The van der Waals surface area contributed by atoms with Crippen LogP contribution in [0.1, 0.15) is 25.4 Å². The van der Waals surface area contributed by atoms with Gasteiger partial charge in [-0.1, -0.05) is 0 Å². The first-order valence-corrected chi connectivity index (χ1v) is 7.30. The Morgan fingerprint density at radius 3 is 2.90 bits per heavy atom. The zero-order chi connectivity index (χ0) is 14.5. The van der Waals surface area contributed by atoms with Crippen molar-refractivity contribution < 1.29 is 14.7 Å². The highest BCUT2D eigenvalue weighted by Gasteiger charge is 2.08. The molecule has 0 atom stereocenters. The normalized spacial score (nSPS) is 10.8. The number of hydrogen-bond acceptors (Lipinski definition) is 6. The van der Waals surface area contributed by atoms with E-state index in [1.54, 1.807) is 12.3 Å². The number of amides is 1. The van der Waals surface area contributed by atoms with Crippen LogP contribution in [0.4, 0.5) is 0 Å². The summed E-state index contributed by atoms with van der Waals surface area (Å²) in [6, 6.07) is 0. The second-order valence-electron chi connectivity index (χ2n) is 3.76. The topological polar surface area (TPSA) is 92.2 Å². The highest BCUT2D eigenvalue weighted by Crippen LogP contribution is 2.13. The van der Waals surface area contributed by atoms with Crippen LogP contribution in [0, 0.1) is 6.92 Å². The quantitative estimate of drug-likeness (QED) is 0.823. The first-order valence-electron chi connectivity index (χ1n) is 5.60. The minimum Gasteiger partial charge on any atom is -0.476 e. The first kappa shape index (κ1) is 14.4. The van der Waals surface area contributed by atoms with Gasteiger partial charge >= 0.3 is 5.97 Å². The van der Waals surface area contributed by atoms with Gasteiger partial charge in [-0.3, -0.25) is 4.79 Å². The molecule has 1 amide bonds. The fraction of sp³-hybridized carbons (Fsp3) is 0.167. The molecule has 8 heteroatoms. The molecule has 0 aromatic carbocycles. The van der Waals surface area contributed by atoms with E-state index >= 15 is 0 Å². The molecule has 0 bridgehead atoms. The summed E-state index contributed by atoms with van der Waals surface area (Å²) in [6.07, 6.45) is 4.80. The second kappa shape index (κ2) is 6.40. The maximum Gasteiger partial charge on any atom is 0.355 e. The predicted octanol–water partition coefficient (Wildman–Crippen LogP) is 1.94. The summed E-state index contributed by atoms with van der Waals surface area (Å²) in [5, 5.41) is 14.3. The monoisotopic (exact) mass is 309 g/mol. The van der Waals surface area contributed by atoms with Crippen molar-refractivity contribution in [2.24, 2.45) is 0 Å². The predicted molar refractivity (Wildman–Crippen MR) is 76.8 cm³/mol. The summed E-state index contributed by atoms with van der Waals surface area (Å²) in [6.45, 7) is 2.10. The van der Waals surface area contributed by atoms with Crippen molar-refractivity contribution in [3.05, 3.63) is 38.2 Å². The number of aromatic nitrogens is 2. The van der Waals surface area contributed by atoms with Crippen molar-refractivity contribution in [2.75, 3.05) is 0 Å². The number of hydrogen-bond donors (Lipinski definition) is 2. The highest BCUT2D eigenvalue weighted by atomic mass is 32.1. The standard InChI is InChI=1S/C12H11N3O3S2/c1-7-13-4-8(20-7)2-3-10(16)14-5-11-15-9(6-19-11)12(17)18/h2-4,6H,5H2,1H3,(H,14,16)(H,17,18). The zero-order valence-corrected chi connectivity index (χ0v) is 12.1. The van der Waals surface area contributed by atoms with Crippen molar-refractivity contribution in [1.29, 1.82) is 0 Å². The Hall–Kier alpha value is -2.06. The van der Waals surface area contributed by atoms with E-state index in [0.717, 1.165) is 9.88 Å². The lowest BCUT2D eigenvalue weighted by Gasteiger charge is -1.97. The van der Waals surface area contributed by atoms with Crippen molar-refractivity contribution in [2.45, 2.75) is 13.5 Å². The Kier molecular flexibility index (Phi) is 4.59. The lowest BCUT2D eigenvalue weighted by Crippen LogP contribution is -2.20. The highest BCUT2D eigenvalue weighted by molar-refractivity contribution is 7.12. The van der Waals surface area contributed by atoms with Crippen LogP contribution in [0.3, 0.4) is 0 Å². The van der Waals surface area contributed by atoms with Crippen molar-refractivity contribution in [3.8, 4) is 0 Å². The van der Waals surface area contributed by atoms with Gasteiger partial charge in [0.2, 0.25) is 5.91 Å². The molecule has 2 N–H and O–H groups in total. The first-order chi connectivity index (χ1) is 9.54. The number of carboxylic acids is 1. The second-order valence-corrected chi connectivity index (χ2v) is 5.97. The molecule has 6 nitrogen and oxygen atoms in total. The summed E-state index contributed by atoms with van der Waals surface area (Å²) in [5.41, 5.74) is -0.00470. The van der Waals surface area contributed by atoms with Crippen molar-refractivity contribution >= 4 is 40.6 Å². The molecule has 0 aliphatic carbocycles. The van der Waals surface area contributed by atoms with Crippen LogP contribution in [0.15, 0.2) is 17.7 Å². The van der Waals surface area contributed by atoms with E-state index in [2.05, 4.69) is 15.3 Å². The molecule has 2 rings (SSSR count). The smallest absolute Gasteiger partial charge is 0.355 e. The lowest BCUT2D eigenvalue weighted by molar-refractivity contribution is -0.116.